The van der Waals surface area contributed by atoms with E-state index in [0.717, 1.165) is 75.3 Å². The molecule has 0 saturated heterocycles. The van der Waals surface area contributed by atoms with Gasteiger partial charge in [0.25, 0.3) is 11.8 Å². The number of phenols is 2. The lowest BCUT2D eigenvalue weighted by molar-refractivity contribution is -0.126. The molecular formula is C36H54N4O6. The second-order valence-corrected chi connectivity index (χ2v) is 11.9. The Morgan fingerprint density at radius 1 is 0.587 bits per heavy atom. The molecule has 6 N–H and O–H groups in total. The number of amides is 4. The smallest absolute Gasteiger partial charge is 0.273 e. The molecule has 46 heavy (non-hydrogen) atoms. The molecule has 254 valence electrons. The Labute approximate surface area is 274 Å². The fourth-order valence-corrected chi connectivity index (χ4v) is 5.56. The molecule has 0 aliphatic rings. The molecule has 0 saturated carbocycles. The third-order valence-corrected chi connectivity index (χ3v) is 8.14. The Hall–Kier alpha value is -4.08. The predicted octanol–water partition coefficient (Wildman–Crippen LogP) is 6.54. The summed E-state index contributed by atoms with van der Waals surface area (Å²) >= 11 is 0. The number of carbonyl (C=O) groups excluding carboxylic acids is 4. The highest BCUT2D eigenvalue weighted by Crippen LogP contribution is 2.24. The molecule has 2 rings (SSSR count). The topological polar surface area (TPSA) is 157 Å². The first kappa shape index (κ1) is 38.1. The van der Waals surface area contributed by atoms with E-state index in [9.17, 15) is 29.4 Å². The summed E-state index contributed by atoms with van der Waals surface area (Å²) in [4.78, 5) is 50.8. The van der Waals surface area contributed by atoms with Crippen molar-refractivity contribution in [1.29, 1.82) is 0 Å². The number of phenolic OH excluding ortho intramolecular Hbond substituents is 2. The SMILES string of the molecule is CCCCCc1cccc(O)c1C(=O)NNC(=O)CCCCCCC(CCC)C(=O)NNC(=O)c1c(O)cccc1CCCCC. The summed E-state index contributed by atoms with van der Waals surface area (Å²) in [5, 5.41) is 20.6. The molecule has 10 heteroatoms. The molecule has 0 bridgehead atoms. The van der Waals surface area contributed by atoms with E-state index in [1.165, 1.54) is 12.1 Å². The van der Waals surface area contributed by atoms with E-state index in [1.807, 2.05) is 19.1 Å². The van der Waals surface area contributed by atoms with E-state index in [0.29, 0.717) is 32.1 Å². The second kappa shape index (κ2) is 21.6. The van der Waals surface area contributed by atoms with Crippen LogP contribution in [0.3, 0.4) is 0 Å². The van der Waals surface area contributed by atoms with Crippen LogP contribution < -0.4 is 21.7 Å². The van der Waals surface area contributed by atoms with Gasteiger partial charge in [-0.05, 0) is 68.2 Å². The first-order chi connectivity index (χ1) is 22.2. The van der Waals surface area contributed by atoms with Crippen molar-refractivity contribution in [2.24, 2.45) is 5.92 Å². The van der Waals surface area contributed by atoms with Gasteiger partial charge in [0.1, 0.15) is 11.5 Å². The van der Waals surface area contributed by atoms with Crippen LogP contribution in [0.15, 0.2) is 36.4 Å². The minimum Gasteiger partial charge on any atom is -0.507 e. The summed E-state index contributed by atoms with van der Waals surface area (Å²) in [7, 11) is 0. The summed E-state index contributed by atoms with van der Waals surface area (Å²) in [6, 6.07) is 10.0. The van der Waals surface area contributed by atoms with Crippen LogP contribution in [0.1, 0.15) is 143 Å². The van der Waals surface area contributed by atoms with Gasteiger partial charge in [-0.1, -0.05) is 96.4 Å². The van der Waals surface area contributed by atoms with E-state index >= 15 is 0 Å². The Bertz CT molecular complexity index is 1270. The number of aryl methyl sites for hydroxylation is 2. The van der Waals surface area contributed by atoms with Gasteiger partial charge in [0.15, 0.2) is 0 Å². The van der Waals surface area contributed by atoms with Crippen LogP contribution in [0.4, 0.5) is 0 Å². The lowest BCUT2D eigenvalue weighted by Gasteiger charge is -2.17. The highest BCUT2D eigenvalue weighted by Gasteiger charge is 2.21. The molecule has 2 aromatic rings. The number of aromatic hydroxyl groups is 2. The number of nitrogens with one attached hydrogen (secondary N) is 4. The molecule has 4 amide bonds. The lowest BCUT2D eigenvalue weighted by Crippen LogP contribution is -2.44. The van der Waals surface area contributed by atoms with E-state index < -0.39 is 11.8 Å². The molecule has 0 heterocycles. The minimum atomic E-state index is -0.539. The van der Waals surface area contributed by atoms with E-state index in [4.69, 9.17) is 0 Å². The third kappa shape index (κ3) is 13.1. The van der Waals surface area contributed by atoms with Crippen molar-refractivity contribution in [3.8, 4) is 11.5 Å². The summed E-state index contributed by atoms with van der Waals surface area (Å²) in [5.74, 6) is -2.12. The van der Waals surface area contributed by atoms with Gasteiger partial charge in [-0.3, -0.25) is 40.9 Å². The molecular weight excluding hydrogens is 584 g/mol. The zero-order chi connectivity index (χ0) is 33.7. The molecule has 1 atom stereocenters. The van der Waals surface area contributed by atoms with Crippen LogP contribution in [0, 0.1) is 5.92 Å². The third-order valence-electron chi connectivity index (χ3n) is 8.14. The molecule has 1 unspecified atom stereocenters. The average Bonchev–Trinajstić information content (AvgIpc) is 3.03. The number of hydrazine groups is 2. The maximum Gasteiger partial charge on any atom is 0.273 e. The quantitative estimate of drug-likeness (QED) is 0.0714. The fraction of sp³-hybridized carbons (Fsp3) is 0.556. The fourth-order valence-electron chi connectivity index (χ4n) is 5.56. The molecule has 0 aliphatic heterocycles. The number of hydrogen-bond donors (Lipinski definition) is 6. The van der Waals surface area contributed by atoms with Crippen molar-refractivity contribution in [3.05, 3.63) is 58.7 Å². The van der Waals surface area contributed by atoms with Crippen LogP contribution in [-0.4, -0.2) is 33.8 Å². The standard InChI is InChI=1S/C36H54N4O6/c1-4-7-11-18-26-21-15-23-29(41)32(26)35(45)39-37-31(43)25-14-10-9-13-20-28(17-6-3)34(44)38-40-36(46)33-27(19-12-8-5-2)22-16-24-30(33)42/h15-16,21-24,28,41-42H,4-14,17-20,25H2,1-3H3,(H,37,43)(H,38,44)(H,39,45)(H,40,46). The zero-order valence-corrected chi connectivity index (χ0v) is 27.9. The second-order valence-electron chi connectivity index (χ2n) is 11.9. The van der Waals surface area contributed by atoms with Gasteiger partial charge < -0.3 is 10.2 Å². The molecule has 0 aromatic heterocycles. The maximum absolute atomic E-state index is 12.9. The van der Waals surface area contributed by atoms with Crippen LogP contribution in [0.2, 0.25) is 0 Å². The summed E-state index contributed by atoms with van der Waals surface area (Å²) in [5.41, 5.74) is 11.8. The van der Waals surface area contributed by atoms with E-state index in [1.54, 1.807) is 12.1 Å². The van der Waals surface area contributed by atoms with Gasteiger partial charge in [0, 0.05) is 12.3 Å². The molecule has 0 radical (unpaired) electrons. The van der Waals surface area contributed by atoms with Gasteiger partial charge >= 0.3 is 0 Å². The van der Waals surface area contributed by atoms with Gasteiger partial charge in [-0.2, -0.15) is 0 Å². The van der Waals surface area contributed by atoms with Crippen LogP contribution in [0.25, 0.3) is 0 Å². The van der Waals surface area contributed by atoms with Crippen molar-refractivity contribution in [3.63, 3.8) is 0 Å². The largest absolute Gasteiger partial charge is 0.507 e. The lowest BCUT2D eigenvalue weighted by atomic mass is 9.95. The van der Waals surface area contributed by atoms with Crippen molar-refractivity contribution in [2.75, 3.05) is 0 Å². The van der Waals surface area contributed by atoms with Crippen molar-refractivity contribution in [2.45, 2.75) is 124 Å². The van der Waals surface area contributed by atoms with Crippen LogP contribution in [-0.2, 0) is 22.4 Å². The molecule has 0 fully saturated rings. The number of carbonyl (C=O) groups is 4. The number of unbranched alkanes of at least 4 members (excludes halogenated alkanes) is 7. The van der Waals surface area contributed by atoms with Crippen molar-refractivity contribution < 1.29 is 29.4 Å². The van der Waals surface area contributed by atoms with Gasteiger partial charge in [-0.15, -0.1) is 0 Å². The molecule has 0 aliphatic carbocycles. The molecule has 2 aromatic carbocycles. The molecule has 10 nitrogen and oxygen atoms in total. The normalized spacial score (nSPS) is 11.5. The Kier molecular flexibility index (Phi) is 17.9. The number of rotatable bonds is 20. The van der Waals surface area contributed by atoms with Crippen LogP contribution in [0.5, 0.6) is 11.5 Å². The zero-order valence-electron chi connectivity index (χ0n) is 27.9. The first-order valence-electron chi connectivity index (χ1n) is 17.0. The number of benzene rings is 2. The van der Waals surface area contributed by atoms with Gasteiger partial charge in [0.2, 0.25) is 11.8 Å². The predicted molar refractivity (Wildman–Crippen MR) is 180 cm³/mol. The summed E-state index contributed by atoms with van der Waals surface area (Å²) in [6.45, 7) is 6.21. The Morgan fingerprint density at radius 3 is 1.63 bits per heavy atom. The van der Waals surface area contributed by atoms with E-state index in [-0.39, 0.29) is 46.8 Å². The first-order valence-corrected chi connectivity index (χ1v) is 17.0. The summed E-state index contributed by atoms with van der Waals surface area (Å²) in [6.07, 6.45) is 12.7. The summed E-state index contributed by atoms with van der Waals surface area (Å²) < 4.78 is 0. The minimum absolute atomic E-state index is 0.107. The monoisotopic (exact) mass is 638 g/mol. The Morgan fingerprint density at radius 2 is 1.11 bits per heavy atom. The average molecular weight is 639 g/mol. The van der Waals surface area contributed by atoms with Gasteiger partial charge in [-0.25, -0.2) is 0 Å². The van der Waals surface area contributed by atoms with Gasteiger partial charge in [0.05, 0.1) is 11.1 Å². The van der Waals surface area contributed by atoms with Crippen LogP contribution >= 0.6 is 0 Å². The maximum atomic E-state index is 12.9. The van der Waals surface area contributed by atoms with Crippen molar-refractivity contribution in [1.82, 2.24) is 21.7 Å². The Balaban J connectivity index is 1.73. The number of hydrogen-bond acceptors (Lipinski definition) is 6. The highest BCUT2D eigenvalue weighted by molar-refractivity contribution is 6.00. The van der Waals surface area contributed by atoms with E-state index in [2.05, 4.69) is 35.6 Å². The molecule has 0 spiro atoms. The highest BCUT2D eigenvalue weighted by atomic mass is 16.3. The van der Waals surface area contributed by atoms with Crippen molar-refractivity contribution >= 4 is 23.6 Å².